The third kappa shape index (κ3) is 4.16. The molecule has 0 saturated heterocycles. The second-order valence-electron chi connectivity index (χ2n) is 4.12. The van der Waals surface area contributed by atoms with Gasteiger partial charge in [-0.25, -0.2) is 4.79 Å². The lowest BCUT2D eigenvalue weighted by molar-refractivity contribution is 0.0561. The van der Waals surface area contributed by atoms with E-state index < -0.39 is 5.97 Å². The number of esters is 1. The predicted octanol–water partition coefficient (Wildman–Crippen LogP) is 1.66. The molecule has 1 aromatic heterocycles. The van der Waals surface area contributed by atoms with Crippen LogP contribution in [0.4, 0.5) is 0 Å². The first kappa shape index (κ1) is 14.7. The maximum absolute atomic E-state index is 11.5. The van der Waals surface area contributed by atoms with E-state index in [1.165, 1.54) is 13.4 Å². The fraction of sp³-hybridized carbons (Fsp3) is 0.615. The Bertz CT molecular complexity index is 362. The molecule has 0 amide bonds. The zero-order valence-corrected chi connectivity index (χ0v) is 11.0. The highest BCUT2D eigenvalue weighted by molar-refractivity contribution is 5.87. The van der Waals surface area contributed by atoms with Gasteiger partial charge in [0.2, 0.25) is 5.76 Å². The number of carbonyl (C=O) groups excluding carboxylic acids is 1. The third-order valence-electron chi connectivity index (χ3n) is 2.76. The Kier molecular flexibility index (Phi) is 6.46. The van der Waals surface area contributed by atoms with Crippen molar-refractivity contribution in [3.8, 4) is 0 Å². The number of hydrogen-bond acceptors (Lipinski definition) is 5. The molecule has 0 aliphatic carbocycles. The number of methoxy groups -OCH3 is 1. The Morgan fingerprint density at radius 3 is 2.89 bits per heavy atom. The van der Waals surface area contributed by atoms with Gasteiger partial charge in [-0.2, -0.15) is 0 Å². The first-order valence-corrected chi connectivity index (χ1v) is 6.20. The summed E-state index contributed by atoms with van der Waals surface area (Å²) in [4.78, 5) is 13.6. The van der Waals surface area contributed by atoms with Crippen LogP contribution in [0.25, 0.3) is 0 Å². The monoisotopic (exact) mass is 255 g/mol. The molecular formula is C13H21NO4. The van der Waals surface area contributed by atoms with Crippen LogP contribution in [0, 0.1) is 0 Å². The fourth-order valence-corrected chi connectivity index (χ4v) is 1.77. The summed E-state index contributed by atoms with van der Waals surface area (Å²) < 4.78 is 9.79. The van der Waals surface area contributed by atoms with Gasteiger partial charge in [-0.3, -0.25) is 4.90 Å². The maximum atomic E-state index is 11.5. The molecule has 0 spiro atoms. The summed E-state index contributed by atoms with van der Waals surface area (Å²) >= 11 is 0. The quantitative estimate of drug-likeness (QED) is 0.716. The smallest absolute Gasteiger partial charge is 0.374 e. The molecule has 0 aliphatic heterocycles. The van der Waals surface area contributed by atoms with Gasteiger partial charge < -0.3 is 14.3 Å². The minimum absolute atomic E-state index is 0.106. The van der Waals surface area contributed by atoms with Crippen molar-refractivity contribution in [1.29, 1.82) is 0 Å². The molecule has 1 aromatic rings. The van der Waals surface area contributed by atoms with Crippen molar-refractivity contribution in [3.05, 3.63) is 23.7 Å². The second-order valence-corrected chi connectivity index (χ2v) is 4.12. The molecular weight excluding hydrogens is 234 g/mol. The molecule has 0 aromatic carbocycles. The molecule has 5 heteroatoms. The molecule has 0 atom stereocenters. The first-order valence-electron chi connectivity index (χ1n) is 6.20. The van der Waals surface area contributed by atoms with Crippen molar-refractivity contribution < 1.29 is 19.1 Å². The molecule has 0 saturated carbocycles. The van der Waals surface area contributed by atoms with E-state index >= 15 is 0 Å². The highest BCUT2D eigenvalue weighted by Crippen LogP contribution is 2.14. The molecule has 102 valence electrons. The zero-order chi connectivity index (χ0) is 13.4. The number of nitrogens with zero attached hydrogens (tertiary/aromatic N) is 1. The summed E-state index contributed by atoms with van der Waals surface area (Å²) in [7, 11) is 1.33. The Morgan fingerprint density at radius 1 is 1.50 bits per heavy atom. The average molecular weight is 255 g/mol. The predicted molar refractivity (Wildman–Crippen MR) is 67.3 cm³/mol. The lowest BCUT2D eigenvalue weighted by Gasteiger charge is -2.20. The SMILES string of the molecule is CCCCN(CCO)Cc1ccoc1C(=O)OC. The van der Waals surface area contributed by atoms with E-state index in [9.17, 15) is 4.79 Å². The zero-order valence-electron chi connectivity index (χ0n) is 11.0. The Morgan fingerprint density at radius 2 is 2.28 bits per heavy atom. The maximum Gasteiger partial charge on any atom is 0.374 e. The Balaban J connectivity index is 2.67. The fourth-order valence-electron chi connectivity index (χ4n) is 1.77. The van der Waals surface area contributed by atoms with Crippen LogP contribution in [-0.2, 0) is 11.3 Å². The Hall–Kier alpha value is -1.33. The van der Waals surface area contributed by atoms with Gasteiger partial charge in [0.1, 0.15) is 0 Å². The van der Waals surface area contributed by atoms with Gasteiger partial charge in [-0.1, -0.05) is 13.3 Å². The van der Waals surface area contributed by atoms with E-state index in [1.54, 1.807) is 6.07 Å². The number of furan rings is 1. The summed E-state index contributed by atoms with van der Waals surface area (Å²) in [6.45, 7) is 4.29. The molecule has 0 unspecified atom stereocenters. The lowest BCUT2D eigenvalue weighted by atomic mass is 10.2. The summed E-state index contributed by atoms with van der Waals surface area (Å²) in [5.74, 6) is -0.216. The van der Waals surface area contributed by atoms with Crippen molar-refractivity contribution in [3.63, 3.8) is 0 Å². The van der Waals surface area contributed by atoms with Crippen molar-refractivity contribution in [2.24, 2.45) is 0 Å². The van der Waals surface area contributed by atoms with Gasteiger partial charge in [-0.05, 0) is 19.0 Å². The number of aliphatic hydroxyl groups is 1. The number of rotatable bonds is 8. The summed E-state index contributed by atoms with van der Waals surface area (Å²) in [5.41, 5.74) is 0.798. The Labute approximate surface area is 107 Å². The molecule has 0 fully saturated rings. The van der Waals surface area contributed by atoms with Crippen molar-refractivity contribution >= 4 is 5.97 Å². The largest absolute Gasteiger partial charge is 0.463 e. The standard InChI is InChI=1S/C13H21NO4/c1-3-4-6-14(7-8-15)10-11-5-9-18-12(11)13(16)17-2/h5,9,15H,3-4,6-8,10H2,1-2H3. The number of unbranched alkanes of at least 4 members (excludes halogenated alkanes) is 1. The van der Waals surface area contributed by atoms with Crippen LogP contribution >= 0.6 is 0 Å². The molecule has 18 heavy (non-hydrogen) atoms. The van der Waals surface area contributed by atoms with Crippen LogP contribution in [0.2, 0.25) is 0 Å². The van der Waals surface area contributed by atoms with Gasteiger partial charge in [0.15, 0.2) is 0 Å². The van der Waals surface area contributed by atoms with Gasteiger partial charge >= 0.3 is 5.97 Å². The van der Waals surface area contributed by atoms with Crippen LogP contribution in [0.1, 0.15) is 35.9 Å². The minimum Gasteiger partial charge on any atom is -0.463 e. The van der Waals surface area contributed by atoms with E-state index in [-0.39, 0.29) is 12.4 Å². The first-order chi connectivity index (χ1) is 8.72. The topological polar surface area (TPSA) is 62.9 Å². The van der Waals surface area contributed by atoms with Crippen LogP contribution in [0.3, 0.4) is 0 Å². The second kappa shape index (κ2) is 7.89. The lowest BCUT2D eigenvalue weighted by Crippen LogP contribution is -2.28. The normalized spacial score (nSPS) is 10.9. The third-order valence-corrected chi connectivity index (χ3v) is 2.76. The van der Waals surface area contributed by atoms with Gasteiger partial charge in [0.05, 0.1) is 20.0 Å². The van der Waals surface area contributed by atoms with Crippen molar-refractivity contribution in [1.82, 2.24) is 4.90 Å². The van der Waals surface area contributed by atoms with Crippen molar-refractivity contribution in [2.45, 2.75) is 26.3 Å². The van der Waals surface area contributed by atoms with Gasteiger partial charge in [0.25, 0.3) is 0 Å². The number of ether oxygens (including phenoxy) is 1. The minimum atomic E-state index is -0.463. The van der Waals surface area contributed by atoms with Crippen LogP contribution < -0.4 is 0 Å². The molecule has 0 radical (unpaired) electrons. The summed E-state index contributed by atoms with van der Waals surface area (Å²) in [6, 6.07) is 1.77. The molecule has 0 aliphatic rings. The number of aliphatic hydroxyl groups excluding tert-OH is 1. The van der Waals surface area contributed by atoms with E-state index in [0.717, 1.165) is 24.9 Å². The van der Waals surface area contributed by atoms with E-state index in [4.69, 9.17) is 9.52 Å². The van der Waals surface area contributed by atoms with E-state index in [0.29, 0.717) is 13.1 Å². The number of hydrogen-bond donors (Lipinski definition) is 1. The molecule has 1 heterocycles. The van der Waals surface area contributed by atoms with E-state index in [2.05, 4.69) is 16.6 Å². The van der Waals surface area contributed by atoms with Crippen LogP contribution in [-0.4, -0.2) is 42.8 Å². The number of carbonyl (C=O) groups is 1. The molecule has 1 rings (SSSR count). The molecule has 1 N–H and O–H groups in total. The highest BCUT2D eigenvalue weighted by atomic mass is 16.5. The highest BCUT2D eigenvalue weighted by Gasteiger charge is 2.17. The van der Waals surface area contributed by atoms with E-state index in [1.807, 2.05) is 0 Å². The molecule has 0 bridgehead atoms. The van der Waals surface area contributed by atoms with Gasteiger partial charge in [-0.15, -0.1) is 0 Å². The average Bonchev–Trinajstić information content (AvgIpc) is 2.83. The van der Waals surface area contributed by atoms with Gasteiger partial charge in [0, 0.05) is 18.7 Å². The summed E-state index contributed by atoms with van der Waals surface area (Å²) in [5, 5.41) is 9.03. The van der Waals surface area contributed by atoms with Crippen LogP contribution in [0.5, 0.6) is 0 Å². The molecule has 5 nitrogen and oxygen atoms in total. The summed E-state index contributed by atoms with van der Waals surface area (Å²) in [6.07, 6.45) is 3.64. The van der Waals surface area contributed by atoms with Crippen LogP contribution in [0.15, 0.2) is 16.7 Å². The van der Waals surface area contributed by atoms with Crippen molar-refractivity contribution in [2.75, 3.05) is 26.8 Å².